The van der Waals surface area contributed by atoms with Gasteiger partial charge in [-0.15, -0.1) is 0 Å². The fourth-order valence-electron chi connectivity index (χ4n) is 3.80. The molecule has 1 aliphatic heterocycles. The summed E-state index contributed by atoms with van der Waals surface area (Å²) in [7, 11) is 0. The molecule has 0 saturated carbocycles. The summed E-state index contributed by atoms with van der Waals surface area (Å²) in [5.74, 6) is 1.65. The molecule has 3 atom stereocenters. The topological polar surface area (TPSA) is 44.4 Å². The highest BCUT2D eigenvalue weighted by molar-refractivity contribution is 5.76. The van der Waals surface area contributed by atoms with Crippen molar-refractivity contribution in [1.29, 1.82) is 0 Å². The number of likely N-dealkylation sites (tertiary alicyclic amines) is 1. The number of benzene rings is 1. The predicted molar refractivity (Wildman–Crippen MR) is 101 cm³/mol. The highest BCUT2D eigenvalue weighted by Crippen LogP contribution is 2.20. The second-order valence-electron chi connectivity index (χ2n) is 7.62. The number of hydrogen-bond acceptors (Lipinski definition) is 3. The first kappa shape index (κ1) is 18.8. The van der Waals surface area contributed by atoms with Gasteiger partial charge >= 0.3 is 0 Å². The standard InChI is InChI=1S/C20H33N3O/c1-15-11-16(2)13-23(12-15)14-18(4)22-20(24)9-10-21-19-8-6-5-7-17(19)3/h5-8,15-16,18,21H,9-14H2,1-4H3,(H,22,24)/t15-,16-,18+/m0/s1. The monoisotopic (exact) mass is 331 g/mol. The van der Waals surface area contributed by atoms with E-state index in [1.807, 2.05) is 12.1 Å². The number of carbonyl (C=O) groups excluding carboxylic acids is 1. The Balaban J connectivity index is 1.67. The Morgan fingerprint density at radius 1 is 1.25 bits per heavy atom. The van der Waals surface area contributed by atoms with Gasteiger partial charge in [0.2, 0.25) is 5.91 Å². The van der Waals surface area contributed by atoms with Crippen LogP contribution in [-0.2, 0) is 4.79 Å². The summed E-state index contributed by atoms with van der Waals surface area (Å²) in [6, 6.07) is 8.36. The Hall–Kier alpha value is -1.55. The molecule has 1 aliphatic rings. The molecule has 134 valence electrons. The molecule has 0 unspecified atom stereocenters. The number of aryl methyl sites for hydroxylation is 1. The van der Waals surface area contributed by atoms with Crippen molar-refractivity contribution in [2.45, 2.75) is 46.6 Å². The van der Waals surface area contributed by atoms with E-state index in [0.717, 1.165) is 37.2 Å². The number of hydrogen-bond donors (Lipinski definition) is 2. The van der Waals surface area contributed by atoms with E-state index in [-0.39, 0.29) is 11.9 Å². The minimum absolute atomic E-state index is 0.127. The lowest BCUT2D eigenvalue weighted by molar-refractivity contribution is -0.121. The second kappa shape index (κ2) is 9.07. The van der Waals surface area contributed by atoms with Gasteiger partial charge in [-0.05, 0) is 43.7 Å². The Kier molecular flexibility index (Phi) is 7.10. The van der Waals surface area contributed by atoms with Gasteiger partial charge in [-0.1, -0.05) is 32.0 Å². The van der Waals surface area contributed by atoms with Gasteiger partial charge in [0.05, 0.1) is 0 Å². The van der Waals surface area contributed by atoms with Crippen molar-refractivity contribution in [2.75, 3.05) is 31.5 Å². The molecule has 24 heavy (non-hydrogen) atoms. The minimum Gasteiger partial charge on any atom is -0.384 e. The maximum atomic E-state index is 12.1. The van der Waals surface area contributed by atoms with Gasteiger partial charge in [0, 0.05) is 44.3 Å². The number of anilines is 1. The van der Waals surface area contributed by atoms with Gasteiger partial charge in [-0.3, -0.25) is 4.79 Å². The maximum absolute atomic E-state index is 12.1. The van der Waals surface area contributed by atoms with Crippen LogP contribution >= 0.6 is 0 Å². The highest BCUT2D eigenvalue weighted by Gasteiger charge is 2.23. The Morgan fingerprint density at radius 2 is 1.92 bits per heavy atom. The number of para-hydroxylation sites is 1. The smallest absolute Gasteiger partial charge is 0.222 e. The van der Waals surface area contributed by atoms with Crippen LogP contribution in [0, 0.1) is 18.8 Å². The van der Waals surface area contributed by atoms with E-state index in [9.17, 15) is 4.79 Å². The van der Waals surface area contributed by atoms with Crippen LogP contribution in [-0.4, -0.2) is 43.0 Å². The van der Waals surface area contributed by atoms with E-state index >= 15 is 0 Å². The molecule has 0 radical (unpaired) electrons. The number of nitrogens with one attached hydrogen (secondary N) is 2. The molecular weight excluding hydrogens is 298 g/mol. The van der Waals surface area contributed by atoms with E-state index in [1.165, 1.54) is 12.0 Å². The van der Waals surface area contributed by atoms with Crippen molar-refractivity contribution in [3.8, 4) is 0 Å². The van der Waals surface area contributed by atoms with E-state index in [0.29, 0.717) is 13.0 Å². The lowest BCUT2D eigenvalue weighted by Crippen LogP contribution is -2.47. The summed E-state index contributed by atoms with van der Waals surface area (Å²) in [6.07, 6.45) is 1.83. The van der Waals surface area contributed by atoms with Gasteiger partial charge in [-0.25, -0.2) is 0 Å². The Bertz CT molecular complexity index is 521. The third kappa shape index (κ3) is 6.16. The SMILES string of the molecule is Cc1ccccc1NCCC(=O)N[C@H](C)CN1C[C@@H](C)C[C@H](C)C1. The van der Waals surface area contributed by atoms with Crippen LogP contribution in [0.3, 0.4) is 0 Å². The van der Waals surface area contributed by atoms with E-state index in [4.69, 9.17) is 0 Å². The molecule has 1 saturated heterocycles. The number of nitrogens with zero attached hydrogens (tertiary/aromatic N) is 1. The quantitative estimate of drug-likeness (QED) is 0.806. The molecule has 4 heteroatoms. The van der Waals surface area contributed by atoms with Gasteiger partial charge in [-0.2, -0.15) is 0 Å². The molecule has 1 aromatic rings. The molecule has 0 spiro atoms. The third-order valence-electron chi connectivity index (χ3n) is 4.70. The Labute approximate surface area is 147 Å². The van der Waals surface area contributed by atoms with Gasteiger partial charge in [0.1, 0.15) is 0 Å². The molecule has 0 aliphatic carbocycles. The van der Waals surface area contributed by atoms with Gasteiger partial charge < -0.3 is 15.5 Å². The largest absolute Gasteiger partial charge is 0.384 e. The van der Waals surface area contributed by atoms with Crippen LogP contribution < -0.4 is 10.6 Å². The molecule has 1 aromatic carbocycles. The summed E-state index contributed by atoms with van der Waals surface area (Å²) in [6.45, 7) is 12.7. The molecule has 1 amide bonds. The van der Waals surface area contributed by atoms with Crippen molar-refractivity contribution in [3.05, 3.63) is 29.8 Å². The zero-order valence-electron chi connectivity index (χ0n) is 15.6. The van der Waals surface area contributed by atoms with E-state index in [1.54, 1.807) is 0 Å². The molecule has 2 rings (SSSR count). The second-order valence-corrected chi connectivity index (χ2v) is 7.62. The third-order valence-corrected chi connectivity index (χ3v) is 4.70. The van der Waals surface area contributed by atoms with E-state index < -0.39 is 0 Å². The predicted octanol–water partition coefficient (Wildman–Crippen LogP) is 3.28. The van der Waals surface area contributed by atoms with Gasteiger partial charge in [0.25, 0.3) is 0 Å². The van der Waals surface area contributed by atoms with Crippen LogP contribution in [0.15, 0.2) is 24.3 Å². The van der Waals surface area contributed by atoms with Crippen LogP contribution in [0.25, 0.3) is 0 Å². The lowest BCUT2D eigenvalue weighted by Gasteiger charge is -2.36. The Morgan fingerprint density at radius 3 is 2.58 bits per heavy atom. The summed E-state index contributed by atoms with van der Waals surface area (Å²) in [5, 5.41) is 6.48. The van der Waals surface area contributed by atoms with Gasteiger partial charge in [0.15, 0.2) is 0 Å². The maximum Gasteiger partial charge on any atom is 0.222 e. The first-order valence-corrected chi connectivity index (χ1v) is 9.25. The molecule has 0 bridgehead atoms. The molecule has 4 nitrogen and oxygen atoms in total. The minimum atomic E-state index is 0.127. The molecule has 2 N–H and O–H groups in total. The first-order chi connectivity index (χ1) is 11.4. The zero-order chi connectivity index (χ0) is 17.5. The van der Waals surface area contributed by atoms with Crippen molar-refractivity contribution in [3.63, 3.8) is 0 Å². The number of piperidine rings is 1. The normalized spacial score (nSPS) is 22.8. The first-order valence-electron chi connectivity index (χ1n) is 9.25. The molecule has 0 aromatic heterocycles. The fourth-order valence-corrected chi connectivity index (χ4v) is 3.80. The summed E-state index contributed by atoms with van der Waals surface area (Å²) in [5.41, 5.74) is 2.31. The summed E-state index contributed by atoms with van der Waals surface area (Å²) >= 11 is 0. The number of rotatable bonds is 7. The van der Waals surface area contributed by atoms with E-state index in [2.05, 4.69) is 55.4 Å². The summed E-state index contributed by atoms with van der Waals surface area (Å²) in [4.78, 5) is 14.6. The van der Waals surface area contributed by atoms with Crippen LogP contribution in [0.5, 0.6) is 0 Å². The average molecular weight is 332 g/mol. The summed E-state index contributed by atoms with van der Waals surface area (Å²) < 4.78 is 0. The van der Waals surface area contributed by atoms with Crippen molar-refractivity contribution < 1.29 is 4.79 Å². The lowest BCUT2D eigenvalue weighted by atomic mass is 9.92. The molecular formula is C20H33N3O. The zero-order valence-corrected chi connectivity index (χ0v) is 15.6. The number of amides is 1. The van der Waals surface area contributed by atoms with Crippen molar-refractivity contribution in [2.24, 2.45) is 11.8 Å². The fraction of sp³-hybridized carbons (Fsp3) is 0.650. The van der Waals surface area contributed by atoms with Crippen LogP contribution in [0.4, 0.5) is 5.69 Å². The average Bonchev–Trinajstić information content (AvgIpc) is 2.47. The molecule has 1 fully saturated rings. The molecule has 1 heterocycles. The van der Waals surface area contributed by atoms with Crippen LogP contribution in [0.2, 0.25) is 0 Å². The highest BCUT2D eigenvalue weighted by atomic mass is 16.1. The number of carbonyl (C=O) groups is 1. The van der Waals surface area contributed by atoms with Crippen molar-refractivity contribution in [1.82, 2.24) is 10.2 Å². The van der Waals surface area contributed by atoms with Crippen molar-refractivity contribution >= 4 is 11.6 Å². The van der Waals surface area contributed by atoms with Crippen LogP contribution in [0.1, 0.15) is 39.2 Å².